The van der Waals surface area contributed by atoms with Crippen LogP contribution < -0.4 is 0 Å². The maximum absolute atomic E-state index is 12.9. The molecule has 0 saturated carbocycles. The molecule has 0 radical (unpaired) electrons. The third kappa shape index (κ3) is 3.27. The van der Waals surface area contributed by atoms with E-state index in [1.807, 2.05) is 41.4 Å². The number of amides is 1. The molecule has 1 N–H and O–H groups in total. The van der Waals surface area contributed by atoms with Crippen LogP contribution in [-0.2, 0) is 6.42 Å². The fourth-order valence-corrected chi connectivity index (χ4v) is 3.68. The van der Waals surface area contributed by atoms with Crippen molar-refractivity contribution in [1.29, 1.82) is 0 Å². The van der Waals surface area contributed by atoms with Crippen molar-refractivity contribution in [2.45, 2.75) is 26.2 Å². The summed E-state index contributed by atoms with van der Waals surface area (Å²) in [4.78, 5) is 19.3. The normalized spacial score (nSPS) is 17.8. The number of H-pyrrole nitrogens is 1. The van der Waals surface area contributed by atoms with Gasteiger partial charge in [0.25, 0.3) is 5.91 Å². The highest BCUT2D eigenvalue weighted by Gasteiger charge is 2.25. The highest BCUT2D eigenvalue weighted by atomic mass is 16.2. The van der Waals surface area contributed by atoms with Gasteiger partial charge >= 0.3 is 0 Å². The lowest BCUT2D eigenvalue weighted by Gasteiger charge is -2.33. The third-order valence-corrected chi connectivity index (χ3v) is 5.08. The summed E-state index contributed by atoms with van der Waals surface area (Å²) in [6.45, 7) is 3.72. The zero-order valence-corrected chi connectivity index (χ0v) is 14.4. The number of rotatable bonds is 3. The highest BCUT2D eigenvalue weighted by molar-refractivity contribution is 5.98. The number of pyridine rings is 1. The Kier molecular flexibility index (Phi) is 4.22. The lowest BCUT2D eigenvalue weighted by atomic mass is 9.92. The number of nitrogens with one attached hydrogen (secondary N) is 1. The number of aromatic amines is 1. The molecule has 25 heavy (non-hydrogen) atoms. The zero-order valence-electron chi connectivity index (χ0n) is 14.4. The number of carbonyl (C=O) groups is 1. The van der Waals surface area contributed by atoms with Gasteiger partial charge in [0.1, 0.15) is 0 Å². The van der Waals surface area contributed by atoms with Crippen molar-refractivity contribution in [1.82, 2.24) is 20.1 Å². The fourth-order valence-electron chi connectivity index (χ4n) is 3.68. The minimum Gasteiger partial charge on any atom is -0.338 e. The first-order chi connectivity index (χ1) is 12.2. The van der Waals surface area contributed by atoms with Crippen LogP contribution in [-0.4, -0.2) is 39.1 Å². The fraction of sp³-hybridized carbons (Fsp3) is 0.350. The van der Waals surface area contributed by atoms with Gasteiger partial charge in [-0.15, -0.1) is 0 Å². The topological polar surface area (TPSA) is 61.9 Å². The average Bonchev–Trinajstić information content (AvgIpc) is 3.05. The standard InChI is InChI=1S/C20H22N4O/c1-14-12-22-23-19(14)10-15-4-3-9-24(13-15)20(25)17-6-7-18-16(11-17)5-2-8-21-18/h2,5-8,11-12,15H,3-4,9-10,13H2,1H3,(H,22,23)/t15-/m1/s1. The van der Waals surface area contributed by atoms with Crippen LogP contribution in [0.15, 0.2) is 42.7 Å². The molecule has 1 aliphatic heterocycles. The number of aromatic nitrogens is 3. The van der Waals surface area contributed by atoms with Crippen LogP contribution in [0.1, 0.15) is 34.5 Å². The van der Waals surface area contributed by atoms with Crippen LogP contribution in [0.5, 0.6) is 0 Å². The van der Waals surface area contributed by atoms with Crippen molar-refractivity contribution in [3.05, 3.63) is 59.5 Å². The number of benzene rings is 1. The van der Waals surface area contributed by atoms with Crippen molar-refractivity contribution in [2.24, 2.45) is 5.92 Å². The number of nitrogens with zero attached hydrogens (tertiary/aromatic N) is 3. The van der Waals surface area contributed by atoms with E-state index in [-0.39, 0.29) is 5.91 Å². The van der Waals surface area contributed by atoms with Crippen LogP contribution >= 0.6 is 0 Å². The Morgan fingerprint density at radius 3 is 3.12 bits per heavy atom. The summed E-state index contributed by atoms with van der Waals surface area (Å²) in [6, 6.07) is 9.67. The van der Waals surface area contributed by atoms with E-state index in [0.29, 0.717) is 5.92 Å². The molecule has 5 heteroatoms. The Bertz CT molecular complexity index is 901. The summed E-state index contributed by atoms with van der Waals surface area (Å²) in [5.74, 6) is 0.607. The van der Waals surface area contributed by atoms with E-state index in [0.717, 1.165) is 48.8 Å². The summed E-state index contributed by atoms with van der Waals surface area (Å²) < 4.78 is 0. The molecule has 0 spiro atoms. The summed E-state index contributed by atoms with van der Waals surface area (Å²) >= 11 is 0. The predicted molar refractivity (Wildman–Crippen MR) is 97.4 cm³/mol. The molecule has 1 saturated heterocycles. The molecule has 3 heterocycles. The number of hydrogen-bond acceptors (Lipinski definition) is 3. The molecule has 2 aromatic heterocycles. The van der Waals surface area contributed by atoms with Gasteiger partial charge in [-0.25, -0.2) is 0 Å². The maximum Gasteiger partial charge on any atom is 0.253 e. The van der Waals surface area contributed by atoms with Gasteiger partial charge in [-0.1, -0.05) is 6.07 Å². The summed E-state index contributed by atoms with van der Waals surface area (Å²) in [6.07, 6.45) is 6.81. The first kappa shape index (κ1) is 15.8. The van der Waals surface area contributed by atoms with Crippen molar-refractivity contribution >= 4 is 16.8 Å². The second kappa shape index (κ2) is 6.67. The number of carbonyl (C=O) groups excluding carboxylic acids is 1. The second-order valence-electron chi connectivity index (χ2n) is 6.91. The lowest BCUT2D eigenvalue weighted by molar-refractivity contribution is 0.0673. The second-order valence-corrected chi connectivity index (χ2v) is 6.91. The highest BCUT2D eigenvalue weighted by Crippen LogP contribution is 2.23. The molecule has 4 rings (SSSR count). The zero-order chi connectivity index (χ0) is 17.2. The van der Waals surface area contributed by atoms with E-state index in [9.17, 15) is 4.79 Å². The number of fused-ring (bicyclic) bond motifs is 1. The molecule has 5 nitrogen and oxygen atoms in total. The first-order valence-electron chi connectivity index (χ1n) is 8.83. The van der Waals surface area contributed by atoms with Crippen molar-refractivity contribution in [2.75, 3.05) is 13.1 Å². The number of likely N-dealkylation sites (tertiary alicyclic amines) is 1. The molecule has 1 atom stereocenters. The smallest absolute Gasteiger partial charge is 0.253 e. The van der Waals surface area contributed by atoms with Crippen LogP contribution in [0.3, 0.4) is 0 Å². The van der Waals surface area contributed by atoms with Crippen molar-refractivity contribution < 1.29 is 4.79 Å². The molecule has 0 bridgehead atoms. The Balaban J connectivity index is 1.49. The van der Waals surface area contributed by atoms with E-state index in [1.165, 1.54) is 11.3 Å². The quantitative estimate of drug-likeness (QED) is 0.799. The Morgan fingerprint density at radius 1 is 1.36 bits per heavy atom. The van der Waals surface area contributed by atoms with Gasteiger partial charge in [-0.05, 0) is 61.9 Å². The predicted octanol–water partition coefficient (Wildman–Crippen LogP) is 3.36. The molecule has 0 unspecified atom stereocenters. The SMILES string of the molecule is Cc1cn[nH]c1C[C@H]1CCCN(C(=O)c2ccc3ncccc3c2)C1. The van der Waals surface area contributed by atoms with Crippen molar-refractivity contribution in [3.63, 3.8) is 0 Å². The van der Waals surface area contributed by atoms with E-state index < -0.39 is 0 Å². The van der Waals surface area contributed by atoms with Crippen LogP contribution in [0.25, 0.3) is 10.9 Å². The average molecular weight is 334 g/mol. The third-order valence-electron chi connectivity index (χ3n) is 5.08. The first-order valence-corrected chi connectivity index (χ1v) is 8.83. The van der Waals surface area contributed by atoms with Gasteiger partial charge in [0.05, 0.1) is 11.7 Å². The van der Waals surface area contributed by atoms with Crippen molar-refractivity contribution in [3.8, 4) is 0 Å². The molecular formula is C20H22N4O. The Hall–Kier alpha value is -2.69. The summed E-state index contributed by atoms with van der Waals surface area (Å²) in [5.41, 5.74) is 4.06. The Morgan fingerprint density at radius 2 is 2.28 bits per heavy atom. The van der Waals surface area contributed by atoms with E-state index in [4.69, 9.17) is 0 Å². The van der Waals surface area contributed by atoms with Gasteiger partial charge in [0, 0.05) is 35.9 Å². The number of piperidine rings is 1. The number of aryl methyl sites for hydroxylation is 1. The molecule has 1 amide bonds. The molecule has 1 fully saturated rings. The van der Waals surface area contributed by atoms with Gasteiger partial charge < -0.3 is 4.90 Å². The van der Waals surface area contributed by atoms with E-state index >= 15 is 0 Å². The van der Waals surface area contributed by atoms with Gasteiger partial charge in [-0.2, -0.15) is 5.10 Å². The molecule has 1 aliphatic rings. The molecular weight excluding hydrogens is 312 g/mol. The molecule has 1 aromatic carbocycles. The minimum absolute atomic E-state index is 0.122. The summed E-state index contributed by atoms with van der Waals surface area (Å²) in [7, 11) is 0. The van der Waals surface area contributed by atoms with Gasteiger partial charge in [0.2, 0.25) is 0 Å². The summed E-state index contributed by atoms with van der Waals surface area (Å²) in [5, 5.41) is 8.20. The number of hydrogen-bond donors (Lipinski definition) is 1. The van der Waals surface area contributed by atoms with Crippen LogP contribution in [0, 0.1) is 12.8 Å². The molecule has 0 aliphatic carbocycles. The maximum atomic E-state index is 12.9. The van der Waals surface area contributed by atoms with Crippen LogP contribution in [0.4, 0.5) is 0 Å². The van der Waals surface area contributed by atoms with Crippen LogP contribution in [0.2, 0.25) is 0 Å². The van der Waals surface area contributed by atoms with E-state index in [1.54, 1.807) is 6.20 Å². The van der Waals surface area contributed by atoms with Gasteiger partial charge in [-0.3, -0.25) is 14.9 Å². The van der Waals surface area contributed by atoms with Gasteiger partial charge in [0.15, 0.2) is 0 Å². The van der Waals surface area contributed by atoms with E-state index in [2.05, 4.69) is 22.1 Å². The minimum atomic E-state index is 0.122. The lowest BCUT2D eigenvalue weighted by Crippen LogP contribution is -2.40. The molecule has 128 valence electrons. The molecule has 3 aromatic rings. The largest absolute Gasteiger partial charge is 0.338 e. The Labute approximate surface area is 147 Å². The monoisotopic (exact) mass is 334 g/mol.